The first kappa shape index (κ1) is 15.3. The van der Waals surface area contributed by atoms with E-state index in [4.69, 9.17) is 10.00 Å². The van der Waals surface area contributed by atoms with Crippen molar-refractivity contribution >= 4 is 5.91 Å². The smallest absolute Gasteiger partial charge is 0.236 e. The number of hydrogen-bond donors (Lipinski definition) is 1. The maximum absolute atomic E-state index is 12.0. The van der Waals surface area contributed by atoms with Crippen molar-refractivity contribution in [2.75, 3.05) is 26.7 Å². The van der Waals surface area contributed by atoms with Crippen LogP contribution in [0.25, 0.3) is 0 Å². The van der Waals surface area contributed by atoms with E-state index in [0.717, 1.165) is 31.5 Å². The van der Waals surface area contributed by atoms with Gasteiger partial charge >= 0.3 is 0 Å². The van der Waals surface area contributed by atoms with Crippen molar-refractivity contribution in [1.29, 1.82) is 5.26 Å². The fourth-order valence-electron chi connectivity index (χ4n) is 2.52. The van der Waals surface area contributed by atoms with Crippen molar-refractivity contribution in [3.8, 4) is 11.8 Å². The third-order valence-corrected chi connectivity index (χ3v) is 3.70. The van der Waals surface area contributed by atoms with E-state index in [2.05, 4.69) is 11.4 Å². The second-order valence-electron chi connectivity index (χ2n) is 5.19. The molecule has 1 saturated heterocycles. The van der Waals surface area contributed by atoms with E-state index >= 15 is 0 Å². The van der Waals surface area contributed by atoms with Gasteiger partial charge in [-0.2, -0.15) is 5.26 Å². The van der Waals surface area contributed by atoms with Crippen LogP contribution >= 0.6 is 0 Å². The summed E-state index contributed by atoms with van der Waals surface area (Å²) >= 11 is 0. The number of rotatable bonds is 5. The van der Waals surface area contributed by atoms with Crippen LogP contribution in [0.1, 0.15) is 30.4 Å². The second-order valence-corrected chi connectivity index (χ2v) is 5.19. The largest absolute Gasteiger partial charge is 0.495 e. The second kappa shape index (κ2) is 7.65. The molecule has 0 aromatic heterocycles. The average Bonchev–Trinajstić information content (AvgIpc) is 2.55. The minimum atomic E-state index is 0.156. The topological polar surface area (TPSA) is 65.4 Å². The van der Waals surface area contributed by atoms with Crippen LogP contribution in [-0.4, -0.2) is 37.6 Å². The maximum atomic E-state index is 12.0. The molecule has 1 aromatic carbocycles. The number of carbonyl (C=O) groups is 1. The Kier molecular flexibility index (Phi) is 5.59. The summed E-state index contributed by atoms with van der Waals surface area (Å²) in [6.07, 6.45) is 3.44. The molecule has 112 valence electrons. The standard InChI is InChI=1S/C16H21N3O2/c1-21-15-6-5-13(9-14(15)10-17)11-18-12-16(20)19-7-3-2-4-8-19/h5-6,9,18H,2-4,7-8,11-12H2,1H3. The van der Waals surface area contributed by atoms with E-state index in [0.29, 0.717) is 24.4 Å². The number of nitrogens with one attached hydrogen (secondary N) is 1. The number of hydrogen-bond acceptors (Lipinski definition) is 4. The molecule has 1 heterocycles. The molecular weight excluding hydrogens is 266 g/mol. The highest BCUT2D eigenvalue weighted by Crippen LogP contribution is 2.18. The van der Waals surface area contributed by atoms with Crippen molar-refractivity contribution in [2.24, 2.45) is 0 Å². The molecule has 1 aromatic rings. The van der Waals surface area contributed by atoms with Gasteiger partial charge in [0.25, 0.3) is 0 Å². The molecular formula is C16H21N3O2. The number of piperidine rings is 1. The summed E-state index contributed by atoms with van der Waals surface area (Å²) in [5.74, 6) is 0.731. The van der Waals surface area contributed by atoms with Crippen LogP contribution in [0.5, 0.6) is 5.75 Å². The molecule has 5 heteroatoms. The third kappa shape index (κ3) is 4.20. The highest BCUT2D eigenvalue weighted by atomic mass is 16.5. The molecule has 0 spiro atoms. The Morgan fingerprint density at radius 2 is 2.14 bits per heavy atom. The van der Waals surface area contributed by atoms with Gasteiger partial charge in [-0.1, -0.05) is 6.07 Å². The fourth-order valence-corrected chi connectivity index (χ4v) is 2.52. The Morgan fingerprint density at radius 3 is 2.81 bits per heavy atom. The van der Waals surface area contributed by atoms with E-state index in [-0.39, 0.29) is 5.91 Å². The van der Waals surface area contributed by atoms with E-state index in [1.807, 2.05) is 11.0 Å². The zero-order chi connectivity index (χ0) is 15.1. The van der Waals surface area contributed by atoms with Gasteiger partial charge in [0.05, 0.1) is 19.2 Å². The first-order valence-electron chi connectivity index (χ1n) is 7.30. The van der Waals surface area contributed by atoms with Crippen LogP contribution in [-0.2, 0) is 11.3 Å². The number of methoxy groups -OCH3 is 1. The number of amides is 1. The van der Waals surface area contributed by atoms with Crippen molar-refractivity contribution in [3.63, 3.8) is 0 Å². The predicted molar refractivity (Wildman–Crippen MR) is 79.8 cm³/mol. The van der Waals surface area contributed by atoms with E-state index in [1.54, 1.807) is 19.2 Å². The van der Waals surface area contributed by atoms with E-state index in [9.17, 15) is 4.79 Å². The summed E-state index contributed by atoms with van der Waals surface area (Å²) in [5.41, 5.74) is 1.48. The van der Waals surface area contributed by atoms with Crippen LogP contribution in [0.4, 0.5) is 0 Å². The van der Waals surface area contributed by atoms with Gasteiger partial charge in [-0.05, 0) is 37.0 Å². The molecule has 0 unspecified atom stereocenters. The molecule has 1 N–H and O–H groups in total. The molecule has 1 aliphatic heterocycles. The fraction of sp³-hybridized carbons (Fsp3) is 0.500. The summed E-state index contributed by atoms with van der Waals surface area (Å²) in [6.45, 7) is 2.66. The summed E-state index contributed by atoms with van der Waals surface area (Å²) in [4.78, 5) is 13.9. The van der Waals surface area contributed by atoms with Crippen molar-refractivity contribution in [2.45, 2.75) is 25.8 Å². The normalized spacial score (nSPS) is 14.6. The molecule has 0 atom stereocenters. The molecule has 1 fully saturated rings. The van der Waals surface area contributed by atoms with Gasteiger partial charge < -0.3 is 15.0 Å². The van der Waals surface area contributed by atoms with Gasteiger partial charge in [-0.25, -0.2) is 0 Å². The van der Waals surface area contributed by atoms with Crippen LogP contribution in [0, 0.1) is 11.3 Å². The summed E-state index contributed by atoms with van der Waals surface area (Å²) in [7, 11) is 1.55. The number of carbonyl (C=O) groups excluding carboxylic acids is 1. The lowest BCUT2D eigenvalue weighted by Crippen LogP contribution is -2.40. The van der Waals surface area contributed by atoms with Crippen molar-refractivity contribution in [3.05, 3.63) is 29.3 Å². The molecule has 5 nitrogen and oxygen atoms in total. The van der Waals surface area contributed by atoms with Gasteiger partial charge in [-0.15, -0.1) is 0 Å². The summed E-state index contributed by atoms with van der Waals surface area (Å²) < 4.78 is 5.11. The molecule has 0 radical (unpaired) electrons. The highest BCUT2D eigenvalue weighted by molar-refractivity contribution is 5.78. The van der Waals surface area contributed by atoms with Crippen LogP contribution in [0.15, 0.2) is 18.2 Å². The molecule has 0 aliphatic carbocycles. The minimum absolute atomic E-state index is 0.156. The van der Waals surface area contributed by atoms with Crippen molar-refractivity contribution in [1.82, 2.24) is 10.2 Å². The Balaban J connectivity index is 1.83. The zero-order valence-electron chi connectivity index (χ0n) is 12.4. The van der Waals surface area contributed by atoms with Gasteiger partial charge in [-0.3, -0.25) is 4.79 Å². The predicted octanol–water partition coefficient (Wildman–Crippen LogP) is 1.67. The van der Waals surface area contributed by atoms with E-state index < -0.39 is 0 Å². The van der Waals surface area contributed by atoms with Gasteiger partial charge in [0, 0.05) is 19.6 Å². The molecule has 1 amide bonds. The molecule has 2 rings (SSSR count). The van der Waals surface area contributed by atoms with Crippen LogP contribution in [0.3, 0.4) is 0 Å². The minimum Gasteiger partial charge on any atom is -0.495 e. The van der Waals surface area contributed by atoms with Crippen LogP contribution in [0.2, 0.25) is 0 Å². The van der Waals surface area contributed by atoms with Gasteiger partial charge in [0.2, 0.25) is 5.91 Å². The Bertz CT molecular complexity index is 531. The number of nitrogens with zero attached hydrogens (tertiary/aromatic N) is 2. The van der Waals surface area contributed by atoms with Gasteiger partial charge in [0.1, 0.15) is 11.8 Å². The molecule has 0 bridgehead atoms. The Labute approximate surface area is 125 Å². The molecule has 1 aliphatic rings. The zero-order valence-corrected chi connectivity index (χ0v) is 12.4. The Morgan fingerprint density at radius 1 is 1.38 bits per heavy atom. The maximum Gasteiger partial charge on any atom is 0.236 e. The first-order chi connectivity index (χ1) is 10.2. The lowest BCUT2D eigenvalue weighted by Gasteiger charge is -2.26. The lowest BCUT2D eigenvalue weighted by molar-refractivity contribution is -0.131. The SMILES string of the molecule is COc1ccc(CNCC(=O)N2CCCCC2)cc1C#N. The number of likely N-dealkylation sites (tertiary alicyclic amines) is 1. The number of ether oxygens (including phenoxy) is 1. The number of nitriles is 1. The molecule has 0 saturated carbocycles. The summed E-state index contributed by atoms with van der Waals surface area (Å²) in [6, 6.07) is 7.58. The quantitative estimate of drug-likeness (QED) is 0.894. The van der Waals surface area contributed by atoms with Crippen LogP contribution < -0.4 is 10.1 Å². The number of benzene rings is 1. The Hall–Kier alpha value is -2.06. The highest BCUT2D eigenvalue weighted by Gasteiger charge is 2.15. The summed E-state index contributed by atoms with van der Waals surface area (Å²) in [5, 5.41) is 12.2. The molecule has 21 heavy (non-hydrogen) atoms. The van der Waals surface area contributed by atoms with E-state index in [1.165, 1.54) is 6.42 Å². The van der Waals surface area contributed by atoms with Gasteiger partial charge in [0.15, 0.2) is 0 Å². The third-order valence-electron chi connectivity index (χ3n) is 3.70. The monoisotopic (exact) mass is 287 g/mol. The average molecular weight is 287 g/mol. The lowest BCUT2D eigenvalue weighted by atomic mass is 10.1. The first-order valence-corrected chi connectivity index (χ1v) is 7.30. The van der Waals surface area contributed by atoms with Crippen molar-refractivity contribution < 1.29 is 9.53 Å².